The van der Waals surface area contributed by atoms with Crippen LogP contribution in [0.1, 0.15) is 11.6 Å². The summed E-state index contributed by atoms with van der Waals surface area (Å²) in [5.74, 6) is 0.517. The maximum absolute atomic E-state index is 11.2. The number of nitrogens with zero attached hydrogens (tertiary/aromatic N) is 5. The lowest BCUT2D eigenvalue weighted by atomic mass is 10.5. The van der Waals surface area contributed by atoms with Crippen LogP contribution in [0.25, 0.3) is 5.65 Å². The van der Waals surface area contributed by atoms with Crippen molar-refractivity contribution in [3.05, 3.63) is 46.1 Å². The molecule has 0 bridgehead atoms. The van der Waals surface area contributed by atoms with E-state index in [0.29, 0.717) is 22.5 Å². The van der Waals surface area contributed by atoms with E-state index in [-0.39, 0.29) is 18.1 Å². The Morgan fingerprint density at radius 2 is 2.29 bits per heavy atom. The molecule has 0 saturated heterocycles. The lowest BCUT2D eigenvalue weighted by Crippen LogP contribution is -1.96. The molecule has 2 N–H and O–H groups in total. The van der Waals surface area contributed by atoms with Crippen molar-refractivity contribution in [2.75, 3.05) is 0 Å². The van der Waals surface area contributed by atoms with Crippen molar-refractivity contribution in [2.45, 2.75) is 17.5 Å². The van der Waals surface area contributed by atoms with Gasteiger partial charge < -0.3 is 20.3 Å². The topological polar surface area (TPSA) is 125 Å². The minimum absolute atomic E-state index is 0.0586. The lowest BCUT2D eigenvalue weighted by molar-refractivity contribution is -0.391. The molecule has 0 aromatic carbocycles. The number of imidazole rings is 1. The van der Waals surface area contributed by atoms with Crippen LogP contribution < -0.4 is 5.73 Å². The number of aromatic nitrogens is 4. The third-order valence-electron chi connectivity index (χ3n) is 2.70. The van der Waals surface area contributed by atoms with Gasteiger partial charge in [0, 0.05) is 6.07 Å². The number of rotatable bonds is 5. The molecule has 0 fully saturated rings. The predicted molar refractivity (Wildman–Crippen MR) is 73.6 cm³/mol. The Morgan fingerprint density at radius 1 is 1.43 bits per heavy atom. The minimum atomic E-state index is -0.449. The van der Waals surface area contributed by atoms with E-state index in [0.717, 1.165) is 0 Å². The second-order valence-electron chi connectivity index (χ2n) is 4.02. The monoisotopic (exact) mass is 306 g/mol. The Bertz CT molecular complexity index is 798. The summed E-state index contributed by atoms with van der Waals surface area (Å²) in [4.78, 5) is 15.0. The first-order valence-electron chi connectivity index (χ1n) is 5.94. The molecule has 0 atom stereocenters. The van der Waals surface area contributed by atoms with Gasteiger partial charge in [-0.05, 0) is 11.0 Å². The summed E-state index contributed by atoms with van der Waals surface area (Å²) in [5, 5.41) is 19.1. The molecule has 0 unspecified atom stereocenters. The molecule has 108 valence electrons. The van der Waals surface area contributed by atoms with Crippen LogP contribution >= 0.6 is 11.8 Å². The van der Waals surface area contributed by atoms with Crippen LogP contribution in [0.3, 0.4) is 0 Å². The van der Waals surface area contributed by atoms with Crippen molar-refractivity contribution in [3.8, 4) is 0 Å². The summed E-state index contributed by atoms with van der Waals surface area (Å²) in [5.41, 5.74) is 6.25. The molecule has 0 aliphatic heterocycles. The van der Waals surface area contributed by atoms with Crippen molar-refractivity contribution in [2.24, 2.45) is 5.73 Å². The Kier molecular flexibility index (Phi) is 3.54. The number of pyridine rings is 1. The molecule has 3 aromatic heterocycles. The number of nitro groups is 1. The van der Waals surface area contributed by atoms with Gasteiger partial charge in [0.25, 0.3) is 5.22 Å². The van der Waals surface area contributed by atoms with Gasteiger partial charge in [-0.15, -0.1) is 10.2 Å². The fourth-order valence-corrected chi connectivity index (χ4v) is 2.54. The summed E-state index contributed by atoms with van der Waals surface area (Å²) in [6.07, 6.45) is 1.61. The maximum Gasteiger partial charge on any atom is 0.351 e. The van der Waals surface area contributed by atoms with E-state index >= 15 is 0 Å². The van der Waals surface area contributed by atoms with Crippen molar-refractivity contribution in [1.29, 1.82) is 0 Å². The molecular formula is C11H10N6O3S. The van der Waals surface area contributed by atoms with Gasteiger partial charge in [0.15, 0.2) is 0 Å². The maximum atomic E-state index is 11.2. The molecule has 9 nitrogen and oxygen atoms in total. The predicted octanol–water partition coefficient (Wildman–Crippen LogP) is 1.38. The van der Waals surface area contributed by atoms with E-state index in [9.17, 15) is 10.1 Å². The summed E-state index contributed by atoms with van der Waals surface area (Å²) >= 11 is 1.18. The smallest absolute Gasteiger partial charge is 0.351 e. The Balaban J connectivity index is 1.89. The van der Waals surface area contributed by atoms with E-state index < -0.39 is 4.92 Å². The number of hydrogen-bond acceptors (Lipinski definition) is 8. The highest BCUT2D eigenvalue weighted by molar-refractivity contribution is 7.98. The van der Waals surface area contributed by atoms with Crippen molar-refractivity contribution < 1.29 is 9.34 Å². The van der Waals surface area contributed by atoms with Crippen LogP contribution in [0.2, 0.25) is 0 Å². The van der Waals surface area contributed by atoms with Gasteiger partial charge in [-0.25, -0.2) is 4.98 Å². The van der Waals surface area contributed by atoms with Gasteiger partial charge in [-0.1, -0.05) is 17.8 Å². The molecule has 10 heteroatoms. The van der Waals surface area contributed by atoms with Gasteiger partial charge in [0.1, 0.15) is 5.69 Å². The standard InChI is InChI=1S/C11H10N6O3S/c12-5-9-14-15-11(20-9)21-6-7-10(17(18)19)16-4-2-1-3-8(16)13-7/h1-4H,5-6,12H2. The van der Waals surface area contributed by atoms with Crippen LogP contribution in [-0.4, -0.2) is 24.5 Å². The minimum Gasteiger partial charge on any atom is -0.415 e. The molecule has 3 heterocycles. The van der Waals surface area contributed by atoms with E-state index in [1.165, 1.54) is 16.2 Å². The molecular weight excluding hydrogens is 296 g/mol. The van der Waals surface area contributed by atoms with E-state index in [1.807, 2.05) is 0 Å². The first kappa shape index (κ1) is 13.5. The number of fused-ring (bicyclic) bond motifs is 1. The van der Waals surface area contributed by atoms with Crippen LogP contribution in [0.15, 0.2) is 34.0 Å². The highest BCUT2D eigenvalue weighted by atomic mass is 32.2. The van der Waals surface area contributed by atoms with Crippen molar-refractivity contribution in [1.82, 2.24) is 19.6 Å². The van der Waals surface area contributed by atoms with Crippen molar-refractivity contribution in [3.63, 3.8) is 0 Å². The zero-order valence-electron chi connectivity index (χ0n) is 10.7. The average molecular weight is 306 g/mol. The first-order valence-corrected chi connectivity index (χ1v) is 6.93. The molecule has 0 saturated carbocycles. The van der Waals surface area contributed by atoms with Gasteiger partial charge in [0.2, 0.25) is 11.5 Å². The molecule has 0 radical (unpaired) electrons. The average Bonchev–Trinajstić information content (AvgIpc) is 3.08. The molecule has 21 heavy (non-hydrogen) atoms. The Morgan fingerprint density at radius 3 is 3.00 bits per heavy atom. The molecule has 0 spiro atoms. The van der Waals surface area contributed by atoms with Crippen LogP contribution in [0, 0.1) is 10.1 Å². The van der Waals surface area contributed by atoms with Gasteiger partial charge in [-0.3, -0.25) is 0 Å². The summed E-state index contributed by atoms with van der Waals surface area (Å²) in [6, 6.07) is 5.19. The van der Waals surface area contributed by atoms with Crippen LogP contribution in [0.4, 0.5) is 5.82 Å². The van der Waals surface area contributed by atoms with Gasteiger partial charge in [-0.2, -0.15) is 4.40 Å². The highest BCUT2D eigenvalue weighted by Crippen LogP contribution is 2.27. The quantitative estimate of drug-likeness (QED) is 0.425. The second-order valence-corrected chi connectivity index (χ2v) is 4.95. The second kappa shape index (κ2) is 5.50. The fourth-order valence-electron chi connectivity index (χ4n) is 1.83. The normalized spacial score (nSPS) is 11.1. The molecule has 0 amide bonds. The van der Waals surface area contributed by atoms with E-state index in [2.05, 4.69) is 15.2 Å². The van der Waals surface area contributed by atoms with E-state index in [4.69, 9.17) is 10.2 Å². The van der Waals surface area contributed by atoms with Crippen LogP contribution in [0.5, 0.6) is 0 Å². The van der Waals surface area contributed by atoms with Gasteiger partial charge >= 0.3 is 5.82 Å². The summed E-state index contributed by atoms with van der Waals surface area (Å²) < 4.78 is 6.68. The molecule has 3 rings (SSSR count). The zero-order chi connectivity index (χ0) is 14.8. The molecule has 0 aliphatic rings. The Hall–Kier alpha value is -2.46. The summed E-state index contributed by atoms with van der Waals surface area (Å²) in [7, 11) is 0. The van der Waals surface area contributed by atoms with Crippen LogP contribution in [-0.2, 0) is 12.3 Å². The largest absolute Gasteiger partial charge is 0.415 e. The summed E-state index contributed by atoms with van der Waals surface area (Å²) in [6.45, 7) is 0.155. The zero-order valence-corrected chi connectivity index (χ0v) is 11.5. The number of hydrogen-bond donors (Lipinski definition) is 1. The highest BCUT2D eigenvalue weighted by Gasteiger charge is 2.22. The Labute approximate surface area is 122 Å². The first-order chi connectivity index (χ1) is 10.2. The third-order valence-corrected chi connectivity index (χ3v) is 3.53. The van der Waals surface area contributed by atoms with E-state index in [1.54, 1.807) is 24.4 Å². The third kappa shape index (κ3) is 2.58. The molecule has 3 aromatic rings. The number of nitrogens with two attached hydrogens (primary N) is 1. The lowest BCUT2D eigenvalue weighted by Gasteiger charge is -1.96. The number of thioether (sulfide) groups is 1. The van der Waals surface area contributed by atoms with Gasteiger partial charge in [0.05, 0.1) is 18.5 Å². The van der Waals surface area contributed by atoms with Crippen molar-refractivity contribution >= 4 is 23.2 Å². The fraction of sp³-hybridized carbons (Fsp3) is 0.182. The molecule has 0 aliphatic carbocycles. The SMILES string of the molecule is NCc1nnc(SCc2nc3ccccn3c2[N+](=O)[O-])o1.